The van der Waals surface area contributed by atoms with Crippen molar-refractivity contribution < 1.29 is 24.4 Å². The monoisotopic (exact) mass is 528 g/mol. The van der Waals surface area contributed by atoms with Crippen molar-refractivity contribution in [3.63, 3.8) is 0 Å². The van der Waals surface area contributed by atoms with Gasteiger partial charge in [-0.1, -0.05) is 36.4 Å². The molecular formula is C26H32N4O6S. The standard InChI is InChI=1S/C26H32N4O6S/c1-26(2,37-3)22(29-25(33)34)24(32)28-21(15-16-11-13-18(14-12-16)30(35)36)23(31)27-20-10-6-8-17-7-4-5-9-19(17)20/h4-5,7,9,11-14,20-22,29H,6,8,10,15H2,1-3H3,(H,27,31)(H,28,32)(H,33,34)/t20-,21?,22?/m1/s1. The summed E-state index contributed by atoms with van der Waals surface area (Å²) in [6, 6.07) is 11.3. The summed E-state index contributed by atoms with van der Waals surface area (Å²) < 4.78 is -0.792. The average molecular weight is 529 g/mol. The number of nitrogens with one attached hydrogen (secondary N) is 3. The van der Waals surface area contributed by atoms with E-state index in [0.717, 1.165) is 24.8 Å². The molecule has 0 radical (unpaired) electrons. The zero-order valence-corrected chi connectivity index (χ0v) is 21.8. The Hall–Kier alpha value is -3.60. The predicted molar refractivity (Wildman–Crippen MR) is 142 cm³/mol. The van der Waals surface area contributed by atoms with E-state index < -0.39 is 39.7 Å². The molecule has 0 bridgehead atoms. The van der Waals surface area contributed by atoms with Crippen LogP contribution in [0, 0.1) is 10.1 Å². The van der Waals surface area contributed by atoms with Crippen molar-refractivity contribution >= 4 is 35.4 Å². The first-order chi connectivity index (χ1) is 17.5. The third-order valence-corrected chi connectivity index (χ3v) is 7.95. The zero-order chi connectivity index (χ0) is 27.2. The molecule has 0 aromatic heterocycles. The van der Waals surface area contributed by atoms with Crippen LogP contribution in [0.3, 0.4) is 0 Å². The molecule has 198 valence electrons. The average Bonchev–Trinajstić information content (AvgIpc) is 2.87. The number of rotatable bonds is 10. The molecule has 11 heteroatoms. The van der Waals surface area contributed by atoms with E-state index in [1.807, 2.05) is 24.3 Å². The van der Waals surface area contributed by atoms with Gasteiger partial charge in [0.1, 0.15) is 12.1 Å². The molecule has 0 saturated heterocycles. The Balaban J connectivity index is 1.86. The van der Waals surface area contributed by atoms with Gasteiger partial charge < -0.3 is 21.1 Å². The molecule has 3 atom stereocenters. The number of hydrogen-bond acceptors (Lipinski definition) is 6. The third-order valence-electron chi connectivity index (χ3n) is 6.66. The lowest BCUT2D eigenvalue weighted by atomic mass is 9.87. The number of thioether (sulfide) groups is 1. The van der Waals surface area contributed by atoms with Crippen LogP contribution in [0.4, 0.5) is 10.5 Å². The Bertz CT molecular complexity index is 1150. The zero-order valence-electron chi connectivity index (χ0n) is 21.0. The van der Waals surface area contributed by atoms with Crippen molar-refractivity contribution in [3.05, 3.63) is 75.3 Å². The van der Waals surface area contributed by atoms with E-state index in [1.54, 1.807) is 32.2 Å². The van der Waals surface area contributed by atoms with E-state index >= 15 is 0 Å². The van der Waals surface area contributed by atoms with Crippen molar-refractivity contribution in [2.75, 3.05) is 6.26 Å². The molecule has 4 N–H and O–H groups in total. The predicted octanol–water partition coefficient (Wildman–Crippen LogP) is 3.59. The second-order valence-corrected chi connectivity index (χ2v) is 11.0. The quantitative estimate of drug-likeness (QED) is 0.272. The Morgan fingerprint density at radius 2 is 1.78 bits per heavy atom. The molecule has 0 heterocycles. The van der Waals surface area contributed by atoms with E-state index in [1.165, 1.54) is 29.5 Å². The molecule has 0 aliphatic heterocycles. The van der Waals surface area contributed by atoms with Gasteiger partial charge in [-0.05, 0) is 56.1 Å². The fourth-order valence-corrected chi connectivity index (χ4v) is 4.83. The van der Waals surface area contributed by atoms with Gasteiger partial charge in [0, 0.05) is 23.3 Å². The van der Waals surface area contributed by atoms with Crippen LogP contribution in [0.25, 0.3) is 0 Å². The van der Waals surface area contributed by atoms with Crippen LogP contribution >= 0.6 is 11.8 Å². The molecule has 10 nitrogen and oxygen atoms in total. The second-order valence-electron chi connectivity index (χ2n) is 9.53. The van der Waals surface area contributed by atoms with Crippen LogP contribution < -0.4 is 16.0 Å². The molecule has 2 aromatic rings. The fraction of sp³-hybridized carbons (Fsp3) is 0.423. The van der Waals surface area contributed by atoms with E-state index in [4.69, 9.17) is 0 Å². The first-order valence-electron chi connectivity index (χ1n) is 12.0. The van der Waals surface area contributed by atoms with Gasteiger partial charge in [0.15, 0.2) is 0 Å². The smallest absolute Gasteiger partial charge is 0.405 e. The lowest BCUT2D eigenvalue weighted by Crippen LogP contribution is -2.60. The van der Waals surface area contributed by atoms with E-state index in [-0.39, 0.29) is 18.2 Å². The van der Waals surface area contributed by atoms with Crippen LogP contribution in [0.15, 0.2) is 48.5 Å². The molecule has 1 aliphatic rings. The molecular weight excluding hydrogens is 496 g/mol. The summed E-state index contributed by atoms with van der Waals surface area (Å²) in [5.74, 6) is -1.04. The number of carbonyl (C=O) groups excluding carboxylic acids is 2. The number of aryl methyl sites for hydroxylation is 1. The summed E-state index contributed by atoms with van der Waals surface area (Å²) in [7, 11) is 0. The van der Waals surface area contributed by atoms with E-state index in [0.29, 0.717) is 5.56 Å². The summed E-state index contributed by atoms with van der Waals surface area (Å²) in [6.45, 7) is 3.48. The minimum absolute atomic E-state index is 0.0728. The Morgan fingerprint density at radius 3 is 2.41 bits per heavy atom. The Kier molecular flexibility index (Phi) is 9.14. The van der Waals surface area contributed by atoms with E-state index in [2.05, 4.69) is 16.0 Å². The van der Waals surface area contributed by atoms with Crippen molar-refractivity contribution in [2.45, 2.75) is 62.4 Å². The topological polar surface area (TPSA) is 151 Å². The number of carbonyl (C=O) groups is 3. The molecule has 3 rings (SSSR count). The summed E-state index contributed by atoms with van der Waals surface area (Å²) >= 11 is 1.32. The highest BCUT2D eigenvalue weighted by Crippen LogP contribution is 2.30. The molecule has 3 amide bonds. The third kappa shape index (κ3) is 7.22. The maximum absolute atomic E-state index is 13.5. The lowest BCUT2D eigenvalue weighted by molar-refractivity contribution is -0.384. The van der Waals surface area contributed by atoms with Crippen LogP contribution in [0.2, 0.25) is 0 Å². The molecule has 0 saturated carbocycles. The Morgan fingerprint density at radius 1 is 1.11 bits per heavy atom. The van der Waals surface area contributed by atoms with Crippen LogP contribution in [0.5, 0.6) is 0 Å². The fourth-order valence-electron chi connectivity index (χ4n) is 4.43. The normalized spacial score (nSPS) is 16.6. The highest BCUT2D eigenvalue weighted by Gasteiger charge is 2.38. The van der Waals surface area contributed by atoms with Gasteiger partial charge in [-0.3, -0.25) is 19.7 Å². The van der Waals surface area contributed by atoms with Gasteiger partial charge in [0.25, 0.3) is 5.69 Å². The Labute approximate surface area is 219 Å². The van der Waals surface area contributed by atoms with Crippen LogP contribution in [-0.4, -0.2) is 51.0 Å². The number of carboxylic acid groups (broad SMARTS) is 1. The largest absolute Gasteiger partial charge is 0.465 e. The number of amides is 3. The number of benzene rings is 2. The summed E-state index contributed by atoms with van der Waals surface area (Å²) in [4.78, 5) is 48.8. The number of hydrogen-bond donors (Lipinski definition) is 4. The van der Waals surface area contributed by atoms with Crippen molar-refractivity contribution in [1.29, 1.82) is 0 Å². The maximum Gasteiger partial charge on any atom is 0.405 e. The second kappa shape index (κ2) is 12.1. The van der Waals surface area contributed by atoms with Gasteiger partial charge in [-0.2, -0.15) is 11.8 Å². The first kappa shape index (κ1) is 28.0. The minimum Gasteiger partial charge on any atom is -0.465 e. The van der Waals surface area contributed by atoms with E-state index in [9.17, 15) is 29.6 Å². The summed E-state index contributed by atoms with van der Waals surface area (Å²) in [5, 5.41) is 28.4. The van der Waals surface area contributed by atoms with Gasteiger partial charge in [0.2, 0.25) is 11.8 Å². The van der Waals surface area contributed by atoms with Crippen LogP contribution in [0.1, 0.15) is 49.4 Å². The summed E-state index contributed by atoms with van der Waals surface area (Å²) in [6.07, 6.45) is 3.09. The number of nitrogens with zero attached hydrogens (tertiary/aromatic N) is 1. The minimum atomic E-state index is -1.35. The van der Waals surface area contributed by atoms with Gasteiger partial charge in [-0.25, -0.2) is 4.79 Å². The highest BCUT2D eigenvalue weighted by molar-refractivity contribution is 8.00. The molecule has 2 unspecified atom stereocenters. The molecule has 0 spiro atoms. The number of nitro benzene ring substituents is 1. The molecule has 37 heavy (non-hydrogen) atoms. The van der Waals surface area contributed by atoms with Gasteiger partial charge >= 0.3 is 6.09 Å². The SMILES string of the molecule is CSC(C)(C)C(NC(=O)O)C(=O)NC(Cc1ccc([N+](=O)[O-])cc1)C(=O)N[C@@H]1CCCc2ccccc21. The number of nitro groups is 1. The van der Waals surface area contributed by atoms with Crippen molar-refractivity contribution in [2.24, 2.45) is 0 Å². The number of non-ortho nitro benzene ring substituents is 1. The number of fused-ring (bicyclic) bond motifs is 1. The molecule has 1 aliphatic carbocycles. The highest BCUT2D eigenvalue weighted by atomic mass is 32.2. The van der Waals surface area contributed by atoms with Crippen molar-refractivity contribution in [1.82, 2.24) is 16.0 Å². The lowest BCUT2D eigenvalue weighted by Gasteiger charge is -2.33. The molecule has 2 aromatic carbocycles. The van der Waals surface area contributed by atoms with Crippen molar-refractivity contribution in [3.8, 4) is 0 Å². The maximum atomic E-state index is 13.5. The first-order valence-corrected chi connectivity index (χ1v) is 13.2. The van der Waals surface area contributed by atoms with Gasteiger partial charge in [-0.15, -0.1) is 0 Å². The molecule has 0 fully saturated rings. The van der Waals surface area contributed by atoms with Crippen LogP contribution in [-0.2, 0) is 22.4 Å². The van der Waals surface area contributed by atoms with Gasteiger partial charge in [0.05, 0.1) is 11.0 Å². The summed E-state index contributed by atoms with van der Waals surface area (Å²) in [5.41, 5.74) is 2.74.